The zero-order chi connectivity index (χ0) is 26.4. The van der Waals surface area contributed by atoms with Crippen LogP contribution in [0.25, 0.3) is 11.0 Å². The number of esters is 2. The summed E-state index contributed by atoms with van der Waals surface area (Å²) in [7, 11) is 1.28. The van der Waals surface area contributed by atoms with Crippen LogP contribution in [0.5, 0.6) is 0 Å². The van der Waals surface area contributed by atoms with Crippen LogP contribution in [0.2, 0.25) is 0 Å². The number of rotatable bonds is 5. The summed E-state index contributed by atoms with van der Waals surface area (Å²) < 4.78 is 16.5. The number of nitrogens with zero attached hydrogens (tertiary/aromatic N) is 2. The third-order valence-electron chi connectivity index (χ3n) is 5.93. The van der Waals surface area contributed by atoms with Crippen LogP contribution >= 0.6 is 27.3 Å². The molecule has 3 heterocycles. The quantitative estimate of drug-likeness (QED) is 0.301. The van der Waals surface area contributed by atoms with Crippen molar-refractivity contribution in [1.82, 2.24) is 4.98 Å². The van der Waals surface area contributed by atoms with E-state index in [4.69, 9.17) is 13.9 Å². The van der Waals surface area contributed by atoms with E-state index in [1.54, 1.807) is 56.3 Å². The number of fused-ring (bicyclic) bond motifs is 2. The van der Waals surface area contributed by atoms with Crippen LogP contribution in [-0.4, -0.2) is 36.5 Å². The van der Waals surface area contributed by atoms with Crippen molar-refractivity contribution in [2.24, 2.45) is 0 Å². The Labute approximate surface area is 222 Å². The summed E-state index contributed by atoms with van der Waals surface area (Å²) in [4.78, 5) is 58.0. The van der Waals surface area contributed by atoms with Crippen LogP contribution in [-0.2, 0) is 9.47 Å². The van der Waals surface area contributed by atoms with Gasteiger partial charge in [0.15, 0.2) is 10.6 Å². The molecule has 1 atom stereocenters. The first-order valence-electron chi connectivity index (χ1n) is 11.2. The summed E-state index contributed by atoms with van der Waals surface area (Å²) in [6.45, 7) is 3.54. The summed E-state index contributed by atoms with van der Waals surface area (Å²) >= 11 is 4.38. The van der Waals surface area contributed by atoms with E-state index in [1.165, 1.54) is 12.0 Å². The monoisotopic (exact) mass is 582 g/mol. The lowest BCUT2D eigenvalue weighted by atomic mass is 9.98. The topological polar surface area (TPSA) is 116 Å². The third kappa shape index (κ3) is 4.13. The van der Waals surface area contributed by atoms with Crippen molar-refractivity contribution >= 4 is 61.2 Å². The van der Waals surface area contributed by atoms with Crippen molar-refractivity contribution in [3.63, 3.8) is 0 Å². The van der Waals surface area contributed by atoms with Gasteiger partial charge in [0.1, 0.15) is 10.5 Å². The molecule has 2 aromatic heterocycles. The minimum Gasteiger partial charge on any atom is -0.465 e. The molecule has 0 radical (unpaired) electrons. The Kier molecular flexibility index (Phi) is 6.42. The lowest BCUT2D eigenvalue weighted by Gasteiger charge is -2.22. The van der Waals surface area contributed by atoms with Crippen molar-refractivity contribution in [2.75, 3.05) is 18.6 Å². The summed E-state index contributed by atoms with van der Waals surface area (Å²) in [5.41, 5.74) is 1.31. The van der Waals surface area contributed by atoms with Gasteiger partial charge in [0.25, 0.3) is 5.91 Å². The molecule has 4 aromatic rings. The average Bonchev–Trinajstić information content (AvgIpc) is 3.41. The number of halogens is 1. The van der Waals surface area contributed by atoms with Gasteiger partial charge in [-0.05, 0) is 49.7 Å². The predicted molar refractivity (Wildman–Crippen MR) is 139 cm³/mol. The maximum atomic E-state index is 13.7. The van der Waals surface area contributed by atoms with E-state index in [0.29, 0.717) is 26.7 Å². The highest BCUT2D eigenvalue weighted by Crippen LogP contribution is 2.43. The number of aromatic nitrogens is 1. The van der Waals surface area contributed by atoms with Crippen molar-refractivity contribution in [3.05, 3.63) is 90.2 Å². The number of anilines is 1. The number of hydrogen-bond acceptors (Lipinski definition) is 9. The van der Waals surface area contributed by atoms with E-state index in [1.807, 2.05) is 0 Å². The van der Waals surface area contributed by atoms with Gasteiger partial charge in [-0.3, -0.25) is 14.5 Å². The Morgan fingerprint density at radius 2 is 1.86 bits per heavy atom. The molecule has 0 bridgehead atoms. The first-order valence-corrected chi connectivity index (χ1v) is 12.8. The zero-order valence-corrected chi connectivity index (χ0v) is 22.3. The van der Waals surface area contributed by atoms with E-state index in [2.05, 4.69) is 20.9 Å². The van der Waals surface area contributed by atoms with Crippen molar-refractivity contribution < 1.29 is 28.3 Å². The number of carbonyl (C=O) groups excluding carboxylic acids is 3. The molecule has 37 heavy (non-hydrogen) atoms. The number of methoxy groups -OCH3 is 1. The molecule has 9 nitrogen and oxygen atoms in total. The van der Waals surface area contributed by atoms with Gasteiger partial charge >= 0.3 is 11.9 Å². The summed E-state index contributed by atoms with van der Waals surface area (Å²) in [5, 5.41) is 0.519. The number of benzene rings is 2. The highest BCUT2D eigenvalue weighted by molar-refractivity contribution is 9.10. The fourth-order valence-corrected chi connectivity index (χ4v) is 5.60. The molecule has 0 saturated heterocycles. The largest absolute Gasteiger partial charge is 0.465 e. The Bertz CT molecular complexity index is 1640. The maximum absolute atomic E-state index is 13.7. The first-order chi connectivity index (χ1) is 17.7. The number of ether oxygens (including phenoxy) is 2. The van der Waals surface area contributed by atoms with Crippen LogP contribution < -0.4 is 10.3 Å². The lowest BCUT2D eigenvalue weighted by molar-refractivity contribution is 0.0529. The Morgan fingerprint density at radius 3 is 2.54 bits per heavy atom. The molecular formula is C26H19BrN2O7S. The van der Waals surface area contributed by atoms with Crippen molar-refractivity contribution in [1.29, 1.82) is 0 Å². The smallest absolute Gasteiger partial charge is 0.350 e. The van der Waals surface area contributed by atoms with Gasteiger partial charge in [0.2, 0.25) is 5.76 Å². The molecule has 0 aliphatic carbocycles. The molecule has 0 saturated carbocycles. The van der Waals surface area contributed by atoms with E-state index >= 15 is 0 Å². The highest BCUT2D eigenvalue weighted by Gasteiger charge is 2.45. The zero-order valence-electron chi connectivity index (χ0n) is 19.9. The average molecular weight is 583 g/mol. The van der Waals surface area contributed by atoms with Gasteiger partial charge in [0, 0.05) is 4.47 Å². The third-order valence-corrected chi connectivity index (χ3v) is 7.56. The van der Waals surface area contributed by atoms with Crippen LogP contribution in [0.4, 0.5) is 5.13 Å². The second-order valence-corrected chi connectivity index (χ2v) is 10.0. The molecule has 1 aliphatic heterocycles. The molecule has 1 unspecified atom stereocenters. The molecule has 188 valence electrons. The van der Waals surface area contributed by atoms with Crippen molar-refractivity contribution in [2.45, 2.75) is 19.9 Å². The van der Waals surface area contributed by atoms with E-state index < -0.39 is 23.9 Å². The van der Waals surface area contributed by atoms with Gasteiger partial charge in [0.05, 0.1) is 42.0 Å². The van der Waals surface area contributed by atoms with Gasteiger partial charge < -0.3 is 13.9 Å². The van der Waals surface area contributed by atoms with Gasteiger partial charge in [-0.15, -0.1) is 0 Å². The lowest BCUT2D eigenvalue weighted by Crippen LogP contribution is -2.29. The van der Waals surface area contributed by atoms with Crippen LogP contribution in [0.3, 0.4) is 0 Å². The molecular weight excluding hydrogens is 564 g/mol. The normalized spacial score (nSPS) is 14.6. The second kappa shape index (κ2) is 9.56. The summed E-state index contributed by atoms with van der Waals surface area (Å²) in [6.07, 6.45) is 0. The summed E-state index contributed by atoms with van der Waals surface area (Å²) in [5.74, 6) is -1.73. The number of aryl methyl sites for hydroxylation is 1. The fourth-order valence-electron chi connectivity index (χ4n) is 4.25. The highest BCUT2D eigenvalue weighted by atomic mass is 79.9. The van der Waals surface area contributed by atoms with E-state index in [9.17, 15) is 19.2 Å². The standard InChI is InChI=1S/C26H19BrN2O7S/c1-4-35-25(33)22-12(2)28-26(37-22)29-19(13-5-7-14(8-6-13)24(32)34-3)18-20(30)16-11-15(27)9-10-17(16)36-21(18)23(29)31/h5-11,19H,4H2,1-3H3. The van der Waals surface area contributed by atoms with Crippen molar-refractivity contribution in [3.8, 4) is 0 Å². The van der Waals surface area contributed by atoms with Gasteiger partial charge in [-0.1, -0.05) is 39.4 Å². The molecule has 0 spiro atoms. The maximum Gasteiger partial charge on any atom is 0.350 e. The number of thiazole rings is 1. The number of hydrogen-bond donors (Lipinski definition) is 0. The predicted octanol–water partition coefficient (Wildman–Crippen LogP) is 5.03. The first kappa shape index (κ1) is 24.8. The Balaban J connectivity index is 1.73. The molecule has 0 fully saturated rings. The molecule has 1 amide bonds. The van der Waals surface area contributed by atoms with E-state index in [0.717, 1.165) is 11.3 Å². The second-order valence-electron chi connectivity index (χ2n) is 8.14. The molecule has 11 heteroatoms. The summed E-state index contributed by atoms with van der Waals surface area (Å²) in [6, 6.07) is 10.5. The molecule has 5 rings (SSSR count). The minimum absolute atomic E-state index is 0.104. The molecule has 2 aromatic carbocycles. The van der Waals surface area contributed by atoms with Gasteiger partial charge in [-0.2, -0.15) is 0 Å². The molecule has 0 N–H and O–H groups in total. The van der Waals surface area contributed by atoms with E-state index in [-0.39, 0.29) is 39.0 Å². The molecule has 1 aliphatic rings. The Morgan fingerprint density at radius 1 is 1.14 bits per heavy atom. The number of carbonyl (C=O) groups is 3. The van der Waals surface area contributed by atoms with Crippen LogP contribution in [0.1, 0.15) is 60.4 Å². The van der Waals surface area contributed by atoms with Crippen LogP contribution in [0, 0.1) is 6.92 Å². The Hall–Kier alpha value is -3.83. The number of amides is 1. The van der Waals surface area contributed by atoms with Gasteiger partial charge in [-0.25, -0.2) is 14.6 Å². The van der Waals surface area contributed by atoms with Crippen LogP contribution in [0.15, 0.2) is 56.1 Å². The minimum atomic E-state index is -0.908. The fraction of sp³-hybridized carbons (Fsp3) is 0.192. The SMILES string of the molecule is CCOC(=O)c1sc(N2C(=O)c3oc4ccc(Br)cc4c(=O)c3C2c2ccc(C(=O)OC)cc2)nc1C.